The molecule has 1 aromatic heterocycles. The first-order valence-corrected chi connectivity index (χ1v) is 10.6. The molecule has 3 heterocycles. The number of ketones is 1. The molecule has 1 amide bonds. The van der Waals surface area contributed by atoms with Gasteiger partial charge in [0.1, 0.15) is 5.82 Å². The van der Waals surface area contributed by atoms with Gasteiger partial charge in [0, 0.05) is 45.1 Å². The second kappa shape index (κ2) is 8.97. The Hall–Kier alpha value is -2.71. The third kappa shape index (κ3) is 4.39. The number of nitrogens with zero attached hydrogens (tertiary/aromatic N) is 4. The molecule has 8 nitrogen and oxygen atoms in total. The van der Waals surface area contributed by atoms with Gasteiger partial charge in [0.2, 0.25) is 5.91 Å². The van der Waals surface area contributed by atoms with Crippen LogP contribution in [0.2, 0.25) is 0 Å². The number of morpholine rings is 1. The van der Waals surface area contributed by atoms with E-state index in [1.807, 2.05) is 36.1 Å². The first kappa shape index (κ1) is 20.6. The van der Waals surface area contributed by atoms with Gasteiger partial charge in [-0.15, -0.1) is 0 Å². The van der Waals surface area contributed by atoms with Crippen molar-refractivity contribution < 1.29 is 14.3 Å². The maximum atomic E-state index is 13.0. The largest absolute Gasteiger partial charge is 0.383 e. The smallest absolute Gasteiger partial charge is 0.223 e. The summed E-state index contributed by atoms with van der Waals surface area (Å²) in [6.07, 6.45) is 2.69. The summed E-state index contributed by atoms with van der Waals surface area (Å²) >= 11 is 0. The van der Waals surface area contributed by atoms with Gasteiger partial charge >= 0.3 is 0 Å². The number of amides is 1. The Morgan fingerprint density at radius 2 is 1.90 bits per heavy atom. The fourth-order valence-corrected chi connectivity index (χ4v) is 4.10. The maximum Gasteiger partial charge on any atom is 0.223 e. The molecule has 2 aliphatic rings. The van der Waals surface area contributed by atoms with Crippen LogP contribution in [0, 0.1) is 12.8 Å². The molecule has 2 saturated heterocycles. The maximum absolute atomic E-state index is 13.0. The van der Waals surface area contributed by atoms with E-state index in [2.05, 4.69) is 10.00 Å². The molecule has 8 heteroatoms. The first-order chi connectivity index (χ1) is 14.5. The summed E-state index contributed by atoms with van der Waals surface area (Å²) in [5, 5.41) is 4.32. The van der Waals surface area contributed by atoms with E-state index in [1.54, 1.807) is 10.9 Å². The van der Waals surface area contributed by atoms with Crippen molar-refractivity contribution >= 4 is 17.5 Å². The van der Waals surface area contributed by atoms with Crippen LogP contribution in [-0.4, -0.2) is 77.2 Å². The van der Waals surface area contributed by atoms with Crippen molar-refractivity contribution in [2.24, 2.45) is 5.92 Å². The van der Waals surface area contributed by atoms with Gasteiger partial charge in [0.25, 0.3) is 0 Å². The molecule has 0 spiro atoms. The number of anilines is 1. The molecular weight excluding hydrogens is 382 g/mol. The van der Waals surface area contributed by atoms with E-state index >= 15 is 0 Å². The van der Waals surface area contributed by atoms with Crippen LogP contribution in [0.5, 0.6) is 0 Å². The average molecular weight is 412 g/mol. The Kier molecular flexibility index (Phi) is 6.15. The Bertz CT molecular complexity index is 902. The summed E-state index contributed by atoms with van der Waals surface area (Å²) in [6, 6.07) is 7.82. The number of hydrogen-bond donors (Lipinski definition) is 1. The molecule has 1 atom stereocenters. The first-order valence-electron chi connectivity index (χ1n) is 10.6. The van der Waals surface area contributed by atoms with Crippen molar-refractivity contribution in [3.63, 3.8) is 0 Å². The molecule has 160 valence electrons. The lowest BCUT2D eigenvalue weighted by Crippen LogP contribution is -2.39. The molecule has 0 radical (unpaired) electrons. The molecule has 30 heavy (non-hydrogen) atoms. The van der Waals surface area contributed by atoms with Gasteiger partial charge in [-0.05, 0) is 25.5 Å². The van der Waals surface area contributed by atoms with Gasteiger partial charge in [-0.2, -0.15) is 5.10 Å². The Balaban J connectivity index is 1.35. The molecule has 1 aromatic carbocycles. The topological polar surface area (TPSA) is 93.7 Å². The number of nitrogen functional groups attached to an aromatic ring is 1. The van der Waals surface area contributed by atoms with Gasteiger partial charge in [-0.1, -0.05) is 17.7 Å². The molecule has 4 rings (SSSR count). The number of aryl methyl sites for hydroxylation is 1. The predicted molar refractivity (Wildman–Crippen MR) is 114 cm³/mol. The second-order valence-corrected chi connectivity index (χ2v) is 8.08. The molecule has 2 aromatic rings. The van der Waals surface area contributed by atoms with Crippen molar-refractivity contribution in [2.45, 2.75) is 19.8 Å². The fraction of sp³-hybridized carbons (Fsp3) is 0.500. The monoisotopic (exact) mass is 411 g/mol. The summed E-state index contributed by atoms with van der Waals surface area (Å²) in [6.45, 7) is 7.03. The lowest BCUT2D eigenvalue weighted by atomic mass is 9.98. The second-order valence-electron chi connectivity index (χ2n) is 8.08. The van der Waals surface area contributed by atoms with Gasteiger partial charge in [0.05, 0.1) is 30.7 Å². The number of hydrogen-bond acceptors (Lipinski definition) is 6. The lowest BCUT2D eigenvalue weighted by molar-refractivity contribution is -0.130. The quantitative estimate of drug-likeness (QED) is 0.725. The highest BCUT2D eigenvalue weighted by atomic mass is 16.5. The van der Waals surface area contributed by atoms with E-state index in [-0.39, 0.29) is 17.6 Å². The minimum absolute atomic E-state index is 0.0330. The summed E-state index contributed by atoms with van der Waals surface area (Å²) in [4.78, 5) is 29.7. The Morgan fingerprint density at radius 3 is 2.63 bits per heavy atom. The Labute approximate surface area is 176 Å². The highest BCUT2D eigenvalue weighted by Gasteiger charge is 2.33. The van der Waals surface area contributed by atoms with Crippen LogP contribution in [0.4, 0.5) is 5.82 Å². The number of carbonyl (C=O) groups is 2. The van der Waals surface area contributed by atoms with Crippen molar-refractivity contribution in [1.82, 2.24) is 19.6 Å². The van der Waals surface area contributed by atoms with Crippen LogP contribution < -0.4 is 5.73 Å². The summed E-state index contributed by atoms with van der Waals surface area (Å²) < 4.78 is 6.93. The van der Waals surface area contributed by atoms with E-state index < -0.39 is 0 Å². The molecular formula is C22H29N5O3. The van der Waals surface area contributed by atoms with Crippen molar-refractivity contribution in [1.29, 1.82) is 0 Å². The highest BCUT2D eigenvalue weighted by molar-refractivity contribution is 6.02. The van der Waals surface area contributed by atoms with Crippen molar-refractivity contribution in [3.05, 3.63) is 41.6 Å². The number of Topliss-reactive ketones (excluding diaryl/α,β-unsaturated/α-hetero) is 1. The van der Waals surface area contributed by atoms with Gasteiger partial charge in [-0.3, -0.25) is 14.5 Å². The number of carbonyl (C=O) groups excluding carboxylic acids is 2. The zero-order chi connectivity index (χ0) is 21.1. The van der Waals surface area contributed by atoms with Crippen LogP contribution in [0.3, 0.4) is 0 Å². The van der Waals surface area contributed by atoms with E-state index in [9.17, 15) is 9.59 Å². The summed E-state index contributed by atoms with van der Waals surface area (Å²) in [7, 11) is 0. The molecule has 2 fully saturated rings. The van der Waals surface area contributed by atoms with Crippen LogP contribution >= 0.6 is 0 Å². The fourth-order valence-electron chi connectivity index (χ4n) is 4.10. The van der Waals surface area contributed by atoms with E-state index in [0.717, 1.165) is 44.1 Å². The normalized spacial score (nSPS) is 19.9. The predicted octanol–water partition coefficient (Wildman–Crippen LogP) is 1.52. The molecule has 2 aliphatic heterocycles. The molecule has 1 unspecified atom stereocenters. The van der Waals surface area contributed by atoms with Gasteiger partial charge in [0.15, 0.2) is 5.78 Å². The molecule has 0 bridgehead atoms. The number of ether oxygens (including phenoxy) is 1. The molecule has 0 saturated carbocycles. The van der Waals surface area contributed by atoms with Crippen LogP contribution in [0.1, 0.15) is 28.8 Å². The number of aromatic nitrogens is 2. The van der Waals surface area contributed by atoms with E-state index in [4.69, 9.17) is 10.5 Å². The van der Waals surface area contributed by atoms with E-state index in [0.29, 0.717) is 37.3 Å². The lowest BCUT2D eigenvalue weighted by Gasteiger charge is -2.27. The highest BCUT2D eigenvalue weighted by Crippen LogP contribution is 2.26. The molecule has 0 aliphatic carbocycles. The van der Waals surface area contributed by atoms with Crippen LogP contribution in [0.15, 0.2) is 30.5 Å². The van der Waals surface area contributed by atoms with E-state index in [1.165, 1.54) is 0 Å². The molecule has 2 N–H and O–H groups in total. The van der Waals surface area contributed by atoms with Gasteiger partial charge < -0.3 is 15.4 Å². The minimum Gasteiger partial charge on any atom is -0.383 e. The standard InChI is InChI=1S/C22H29N5O3/c1-16-2-4-18(5-3-16)27-22(23)19(14-24-27)21(29)17-6-9-26(15-17)20(28)7-8-25-10-12-30-13-11-25/h2-5,14,17H,6-13,15,23H2,1H3. The Morgan fingerprint density at radius 1 is 1.17 bits per heavy atom. The SMILES string of the molecule is Cc1ccc(-n2ncc(C(=O)C3CCN(C(=O)CCN4CCOCC4)C3)c2N)cc1. The number of nitrogens with two attached hydrogens (primary N) is 1. The zero-order valence-corrected chi connectivity index (χ0v) is 17.4. The third-order valence-corrected chi connectivity index (χ3v) is 6.01. The summed E-state index contributed by atoms with van der Waals surface area (Å²) in [5.74, 6) is 0.200. The number of rotatable bonds is 6. The average Bonchev–Trinajstić information content (AvgIpc) is 3.40. The minimum atomic E-state index is -0.227. The van der Waals surface area contributed by atoms with Crippen molar-refractivity contribution in [3.8, 4) is 5.69 Å². The number of likely N-dealkylation sites (tertiary alicyclic amines) is 1. The van der Waals surface area contributed by atoms with Gasteiger partial charge in [-0.25, -0.2) is 4.68 Å². The number of benzene rings is 1. The van der Waals surface area contributed by atoms with Crippen molar-refractivity contribution in [2.75, 3.05) is 51.7 Å². The summed E-state index contributed by atoms with van der Waals surface area (Å²) in [5.41, 5.74) is 8.65. The zero-order valence-electron chi connectivity index (χ0n) is 17.4. The van der Waals surface area contributed by atoms with Crippen LogP contribution in [-0.2, 0) is 9.53 Å². The third-order valence-electron chi connectivity index (χ3n) is 6.01. The van der Waals surface area contributed by atoms with Crippen LogP contribution in [0.25, 0.3) is 5.69 Å².